The molecule has 1 unspecified atom stereocenters. The summed E-state index contributed by atoms with van der Waals surface area (Å²) in [5, 5.41) is 0. The molecule has 1 fully saturated rings. The largest absolute Gasteiger partial charge is 0.709 e. The topological polar surface area (TPSA) is 88.1 Å². The summed E-state index contributed by atoms with van der Waals surface area (Å²) in [5.41, 5.74) is -1.17. The molecule has 1 rings (SSSR count). The fourth-order valence-corrected chi connectivity index (χ4v) is 4.70. The highest BCUT2D eigenvalue weighted by molar-refractivity contribution is 6.67. The number of ether oxygens (including phenoxy) is 1. The zero-order chi connectivity index (χ0) is 15.6. The van der Waals surface area contributed by atoms with Gasteiger partial charge in [0.25, 0.3) is 17.9 Å². The molecule has 0 saturated carbocycles. The standard InChI is InChI=1S/C12H19O7Si/c1-8(12(5)6-16-7-12)20(17-9(2)13,18-10(3)14)19-11(4)15/h8H,1,6-7H2,2-5H3. The molecule has 0 bridgehead atoms. The van der Waals surface area contributed by atoms with E-state index in [0.29, 0.717) is 13.2 Å². The van der Waals surface area contributed by atoms with Gasteiger partial charge in [0.1, 0.15) is 0 Å². The van der Waals surface area contributed by atoms with Crippen LogP contribution in [0.4, 0.5) is 0 Å². The van der Waals surface area contributed by atoms with Gasteiger partial charge in [-0.2, -0.15) is 0 Å². The highest BCUT2D eigenvalue weighted by atomic mass is 28.4. The van der Waals surface area contributed by atoms with Crippen molar-refractivity contribution in [3.8, 4) is 0 Å². The Morgan fingerprint density at radius 1 is 1.05 bits per heavy atom. The first kappa shape index (κ1) is 16.6. The predicted molar refractivity (Wildman–Crippen MR) is 69.1 cm³/mol. The van der Waals surface area contributed by atoms with Crippen molar-refractivity contribution in [1.82, 2.24) is 0 Å². The number of carbonyl (C=O) groups is 3. The van der Waals surface area contributed by atoms with E-state index in [1.807, 2.05) is 6.92 Å². The molecule has 20 heavy (non-hydrogen) atoms. The third-order valence-electron chi connectivity index (χ3n) is 2.99. The van der Waals surface area contributed by atoms with Crippen molar-refractivity contribution in [2.45, 2.75) is 33.2 Å². The van der Waals surface area contributed by atoms with Gasteiger partial charge in [0, 0.05) is 26.2 Å². The summed E-state index contributed by atoms with van der Waals surface area (Å²) < 4.78 is 20.5. The van der Waals surface area contributed by atoms with Crippen molar-refractivity contribution < 1.29 is 32.4 Å². The van der Waals surface area contributed by atoms with Crippen LogP contribution < -0.4 is 0 Å². The smallest absolute Gasteiger partial charge is 0.455 e. The Hall–Kier alpha value is -1.41. The third-order valence-corrected chi connectivity index (χ3v) is 6.26. The molecule has 0 amide bonds. The van der Waals surface area contributed by atoms with E-state index in [1.165, 1.54) is 0 Å². The normalized spacial score (nSPS) is 18.4. The number of hydrogen-bond acceptors (Lipinski definition) is 7. The van der Waals surface area contributed by atoms with Crippen molar-refractivity contribution in [2.24, 2.45) is 5.41 Å². The zero-order valence-electron chi connectivity index (χ0n) is 12.1. The van der Waals surface area contributed by atoms with Crippen LogP contribution in [-0.2, 0) is 32.4 Å². The summed E-state index contributed by atoms with van der Waals surface area (Å²) in [7, 11) is -3.93. The minimum atomic E-state index is -3.93. The first-order valence-electron chi connectivity index (χ1n) is 6.11. The molecule has 7 nitrogen and oxygen atoms in total. The molecule has 1 aliphatic heterocycles. The Kier molecular flexibility index (Phi) is 4.93. The van der Waals surface area contributed by atoms with Crippen molar-refractivity contribution in [3.05, 3.63) is 6.92 Å². The van der Waals surface area contributed by atoms with Gasteiger partial charge in [0.2, 0.25) is 0 Å². The molecule has 0 spiro atoms. The second-order valence-corrected chi connectivity index (χ2v) is 7.60. The van der Waals surface area contributed by atoms with E-state index in [4.69, 9.17) is 18.0 Å². The number of carbonyl (C=O) groups excluding carboxylic acids is 3. The van der Waals surface area contributed by atoms with Crippen LogP contribution >= 0.6 is 0 Å². The average molecular weight is 303 g/mol. The summed E-state index contributed by atoms with van der Waals surface area (Å²) in [5.74, 6) is -2.09. The lowest BCUT2D eigenvalue weighted by Crippen LogP contribution is -2.60. The van der Waals surface area contributed by atoms with E-state index in [9.17, 15) is 14.4 Å². The lowest BCUT2D eigenvalue weighted by atomic mass is 9.85. The van der Waals surface area contributed by atoms with Crippen LogP contribution in [0.1, 0.15) is 27.7 Å². The van der Waals surface area contributed by atoms with E-state index in [2.05, 4.69) is 6.92 Å². The number of hydrogen-bond donors (Lipinski definition) is 0. The minimum Gasteiger partial charge on any atom is -0.455 e. The van der Waals surface area contributed by atoms with Crippen molar-refractivity contribution >= 4 is 26.7 Å². The molecule has 8 heteroatoms. The SMILES string of the molecule is [CH2]C(C1(C)COC1)[Si](OC(C)=O)(OC(C)=O)OC(C)=O. The highest BCUT2D eigenvalue weighted by Crippen LogP contribution is 2.45. The van der Waals surface area contributed by atoms with Crippen LogP contribution in [0.15, 0.2) is 0 Å². The van der Waals surface area contributed by atoms with Crippen LogP contribution in [0.3, 0.4) is 0 Å². The third kappa shape index (κ3) is 3.57. The van der Waals surface area contributed by atoms with Crippen LogP contribution in [0.5, 0.6) is 0 Å². The van der Waals surface area contributed by atoms with Crippen molar-refractivity contribution in [2.75, 3.05) is 13.2 Å². The van der Waals surface area contributed by atoms with E-state index >= 15 is 0 Å². The van der Waals surface area contributed by atoms with Crippen molar-refractivity contribution in [3.63, 3.8) is 0 Å². The Morgan fingerprint density at radius 3 is 1.60 bits per heavy atom. The van der Waals surface area contributed by atoms with Crippen LogP contribution in [0, 0.1) is 12.3 Å². The molecule has 0 N–H and O–H groups in total. The molecular formula is C12H19O7Si. The van der Waals surface area contributed by atoms with Gasteiger partial charge < -0.3 is 18.0 Å². The van der Waals surface area contributed by atoms with Crippen LogP contribution in [-0.4, -0.2) is 39.9 Å². The maximum absolute atomic E-state index is 11.3. The Morgan fingerprint density at radius 2 is 1.40 bits per heavy atom. The predicted octanol–water partition coefficient (Wildman–Crippen LogP) is 0.855. The van der Waals surface area contributed by atoms with Crippen LogP contribution in [0.2, 0.25) is 5.54 Å². The summed E-state index contributed by atoms with van der Waals surface area (Å²) in [6.07, 6.45) is 0. The van der Waals surface area contributed by atoms with Gasteiger partial charge in [-0.15, -0.1) is 0 Å². The molecule has 1 heterocycles. The molecule has 0 aromatic carbocycles. The van der Waals surface area contributed by atoms with Gasteiger partial charge in [0.05, 0.1) is 18.8 Å². The molecular weight excluding hydrogens is 284 g/mol. The maximum atomic E-state index is 11.3. The molecule has 1 saturated heterocycles. The second kappa shape index (κ2) is 5.92. The van der Waals surface area contributed by atoms with Gasteiger partial charge in [-0.25, -0.2) is 0 Å². The van der Waals surface area contributed by atoms with Gasteiger partial charge >= 0.3 is 8.80 Å². The zero-order valence-corrected chi connectivity index (χ0v) is 13.1. The van der Waals surface area contributed by atoms with Crippen molar-refractivity contribution in [1.29, 1.82) is 0 Å². The van der Waals surface area contributed by atoms with E-state index < -0.39 is 37.7 Å². The Labute approximate surface area is 118 Å². The second-order valence-electron chi connectivity index (χ2n) is 5.08. The van der Waals surface area contributed by atoms with Crippen LogP contribution in [0.25, 0.3) is 0 Å². The molecule has 1 radical (unpaired) electrons. The number of rotatable bonds is 5. The monoisotopic (exact) mass is 303 g/mol. The summed E-state index contributed by atoms with van der Waals surface area (Å²) in [6.45, 7) is 9.94. The fourth-order valence-electron chi connectivity index (χ4n) is 1.93. The highest BCUT2D eigenvalue weighted by Gasteiger charge is 2.64. The van der Waals surface area contributed by atoms with E-state index in [0.717, 1.165) is 20.8 Å². The van der Waals surface area contributed by atoms with E-state index in [-0.39, 0.29) is 0 Å². The van der Waals surface area contributed by atoms with Gasteiger partial charge in [0.15, 0.2) is 0 Å². The first-order chi connectivity index (χ1) is 9.11. The van der Waals surface area contributed by atoms with Gasteiger partial charge in [-0.3, -0.25) is 14.4 Å². The summed E-state index contributed by atoms with van der Waals surface area (Å²) in [4.78, 5) is 34.0. The van der Waals surface area contributed by atoms with E-state index in [1.54, 1.807) is 0 Å². The molecule has 1 atom stereocenters. The molecule has 113 valence electrons. The Bertz CT molecular complexity index is 375. The summed E-state index contributed by atoms with van der Waals surface area (Å²) >= 11 is 0. The summed E-state index contributed by atoms with van der Waals surface area (Å²) in [6, 6.07) is 0. The first-order valence-corrected chi connectivity index (χ1v) is 7.91. The van der Waals surface area contributed by atoms with Gasteiger partial charge in [-0.1, -0.05) is 6.92 Å². The van der Waals surface area contributed by atoms with Gasteiger partial charge in [-0.05, 0) is 6.92 Å². The molecule has 0 aromatic rings. The lowest BCUT2D eigenvalue weighted by molar-refractivity contribution is -0.153. The molecule has 0 aliphatic carbocycles. The molecule has 0 aromatic heterocycles. The average Bonchev–Trinajstić information content (AvgIpc) is 2.21. The quantitative estimate of drug-likeness (QED) is 0.696. The fraction of sp³-hybridized carbons (Fsp3) is 0.667. The maximum Gasteiger partial charge on any atom is 0.709 e. The Balaban J connectivity index is 3.14. The lowest BCUT2D eigenvalue weighted by Gasteiger charge is -2.46. The minimum absolute atomic E-state index is 0.361. The molecule has 1 aliphatic rings.